The van der Waals surface area contributed by atoms with Crippen LogP contribution in [-0.2, 0) is 16.0 Å². The first-order chi connectivity index (χ1) is 8.74. The molecule has 0 bridgehead atoms. The number of aromatic nitrogens is 3. The maximum Gasteiger partial charge on any atom is 0.191 e. The van der Waals surface area contributed by atoms with E-state index in [1.165, 1.54) is 0 Å². The topological polar surface area (TPSA) is 49.2 Å². The van der Waals surface area contributed by atoms with E-state index < -0.39 is 0 Å². The van der Waals surface area contributed by atoms with Crippen LogP contribution in [0.5, 0.6) is 0 Å². The molecule has 0 fully saturated rings. The highest BCUT2D eigenvalue weighted by molar-refractivity contribution is 7.99. The summed E-state index contributed by atoms with van der Waals surface area (Å²) < 4.78 is 12.6. The smallest absolute Gasteiger partial charge is 0.191 e. The highest BCUT2D eigenvalue weighted by atomic mass is 32.2. The fourth-order valence-corrected chi connectivity index (χ4v) is 2.11. The van der Waals surface area contributed by atoms with Gasteiger partial charge in [0.25, 0.3) is 0 Å². The number of methoxy groups -OCH3 is 1. The Morgan fingerprint density at radius 1 is 1.33 bits per heavy atom. The van der Waals surface area contributed by atoms with Gasteiger partial charge in [-0.15, -0.1) is 10.2 Å². The van der Waals surface area contributed by atoms with E-state index in [-0.39, 0.29) is 0 Å². The Labute approximate surface area is 113 Å². The number of ether oxygens (including phenoxy) is 2. The first kappa shape index (κ1) is 15.5. The maximum absolute atomic E-state index is 5.56. The second-order valence-electron chi connectivity index (χ2n) is 4.44. The van der Waals surface area contributed by atoms with Crippen LogP contribution in [0.2, 0.25) is 0 Å². The van der Waals surface area contributed by atoms with Gasteiger partial charge in [-0.3, -0.25) is 0 Å². The van der Waals surface area contributed by atoms with Crippen molar-refractivity contribution in [3.8, 4) is 0 Å². The summed E-state index contributed by atoms with van der Waals surface area (Å²) in [6.07, 6.45) is 2.86. The van der Waals surface area contributed by atoms with Gasteiger partial charge in [0.2, 0.25) is 0 Å². The molecule has 5 nitrogen and oxygen atoms in total. The molecule has 104 valence electrons. The lowest BCUT2D eigenvalue weighted by atomic mass is 10.1. The molecule has 1 aromatic rings. The molecule has 0 aliphatic rings. The van der Waals surface area contributed by atoms with Gasteiger partial charge >= 0.3 is 0 Å². The number of hydrogen-bond acceptors (Lipinski definition) is 5. The van der Waals surface area contributed by atoms with Crippen LogP contribution in [0, 0.1) is 5.92 Å². The lowest BCUT2D eigenvalue weighted by Crippen LogP contribution is -2.06. The van der Waals surface area contributed by atoms with E-state index in [4.69, 9.17) is 9.47 Å². The minimum Gasteiger partial charge on any atom is -0.383 e. The van der Waals surface area contributed by atoms with Gasteiger partial charge in [0.1, 0.15) is 6.33 Å². The predicted molar refractivity (Wildman–Crippen MR) is 72.9 cm³/mol. The summed E-state index contributed by atoms with van der Waals surface area (Å²) in [5, 5.41) is 8.92. The predicted octanol–water partition coefficient (Wildman–Crippen LogP) is 2.08. The van der Waals surface area contributed by atoms with Crippen molar-refractivity contribution in [2.45, 2.75) is 32.0 Å². The monoisotopic (exact) mass is 273 g/mol. The zero-order valence-electron chi connectivity index (χ0n) is 11.5. The molecule has 0 aromatic carbocycles. The first-order valence-corrected chi connectivity index (χ1v) is 7.30. The van der Waals surface area contributed by atoms with Crippen molar-refractivity contribution >= 4 is 11.8 Å². The summed E-state index contributed by atoms with van der Waals surface area (Å²) >= 11 is 1.67. The highest BCUT2D eigenvalue weighted by Crippen LogP contribution is 2.14. The molecule has 0 unspecified atom stereocenters. The van der Waals surface area contributed by atoms with Crippen LogP contribution in [0.4, 0.5) is 0 Å². The normalized spacial score (nSPS) is 11.3. The summed E-state index contributed by atoms with van der Waals surface area (Å²) in [4.78, 5) is 0. The van der Waals surface area contributed by atoms with Crippen LogP contribution < -0.4 is 0 Å². The van der Waals surface area contributed by atoms with Crippen LogP contribution in [0.1, 0.15) is 20.3 Å². The van der Waals surface area contributed by atoms with E-state index in [1.54, 1.807) is 25.2 Å². The quantitative estimate of drug-likeness (QED) is 0.482. The van der Waals surface area contributed by atoms with E-state index in [9.17, 15) is 0 Å². The Hall–Kier alpha value is -0.590. The number of rotatable bonds is 10. The lowest BCUT2D eigenvalue weighted by Gasteiger charge is -2.07. The molecule has 0 atom stereocenters. The van der Waals surface area contributed by atoms with Crippen molar-refractivity contribution in [1.82, 2.24) is 14.8 Å². The van der Waals surface area contributed by atoms with Gasteiger partial charge in [-0.05, 0) is 12.3 Å². The minimum absolute atomic E-state index is 0.677. The van der Waals surface area contributed by atoms with Gasteiger partial charge in [-0.2, -0.15) is 0 Å². The zero-order valence-corrected chi connectivity index (χ0v) is 12.3. The molecule has 1 aromatic heterocycles. The summed E-state index contributed by atoms with van der Waals surface area (Å²) in [5.74, 6) is 1.61. The van der Waals surface area contributed by atoms with E-state index in [2.05, 4.69) is 24.0 Å². The Kier molecular flexibility index (Phi) is 8.04. The van der Waals surface area contributed by atoms with Crippen molar-refractivity contribution in [1.29, 1.82) is 0 Å². The molecule has 0 aliphatic carbocycles. The van der Waals surface area contributed by atoms with Gasteiger partial charge in [-0.25, -0.2) is 0 Å². The molecule has 0 amide bonds. The van der Waals surface area contributed by atoms with Gasteiger partial charge in [-0.1, -0.05) is 25.6 Å². The van der Waals surface area contributed by atoms with Crippen molar-refractivity contribution in [3.05, 3.63) is 6.33 Å². The fourth-order valence-electron chi connectivity index (χ4n) is 1.31. The average molecular weight is 273 g/mol. The molecule has 0 aliphatic heterocycles. The summed E-state index contributed by atoms with van der Waals surface area (Å²) in [7, 11) is 1.69. The number of hydrogen-bond donors (Lipinski definition) is 0. The van der Waals surface area contributed by atoms with E-state index in [0.29, 0.717) is 12.5 Å². The molecule has 0 radical (unpaired) electrons. The van der Waals surface area contributed by atoms with Crippen LogP contribution >= 0.6 is 11.8 Å². The molecule has 1 heterocycles. The van der Waals surface area contributed by atoms with E-state index in [0.717, 1.165) is 37.1 Å². The molecule has 1 rings (SSSR count). The van der Waals surface area contributed by atoms with E-state index in [1.807, 2.05) is 4.57 Å². The van der Waals surface area contributed by atoms with Gasteiger partial charge < -0.3 is 14.0 Å². The molecular weight excluding hydrogens is 250 g/mol. The van der Waals surface area contributed by atoms with Crippen molar-refractivity contribution in [2.24, 2.45) is 5.92 Å². The molecule has 0 N–H and O–H groups in total. The van der Waals surface area contributed by atoms with E-state index >= 15 is 0 Å². The molecule has 0 saturated carbocycles. The lowest BCUT2D eigenvalue weighted by molar-refractivity contribution is 0.138. The highest BCUT2D eigenvalue weighted by Gasteiger charge is 2.04. The first-order valence-electron chi connectivity index (χ1n) is 6.31. The van der Waals surface area contributed by atoms with Gasteiger partial charge in [0.05, 0.1) is 13.2 Å². The SMILES string of the molecule is COCCn1cnnc1SCCOCCC(C)C. The third-order valence-corrected chi connectivity index (χ3v) is 3.36. The Morgan fingerprint density at radius 2 is 2.17 bits per heavy atom. The van der Waals surface area contributed by atoms with Gasteiger partial charge in [0, 0.05) is 26.0 Å². The summed E-state index contributed by atoms with van der Waals surface area (Å²) in [5.41, 5.74) is 0. The Balaban J connectivity index is 2.13. The number of thioether (sulfide) groups is 1. The molecule has 18 heavy (non-hydrogen) atoms. The van der Waals surface area contributed by atoms with Crippen molar-refractivity contribution < 1.29 is 9.47 Å². The van der Waals surface area contributed by atoms with Crippen LogP contribution in [-0.4, -0.2) is 47.4 Å². The molecule has 0 spiro atoms. The standard InChI is InChI=1S/C12H23N3O2S/c1-11(2)4-6-17-8-9-18-12-14-13-10-15(12)5-7-16-3/h10-11H,4-9H2,1-3H3. The fraction of sp³-hybridized carbons (Fsp3) is 0.833. The second kappa shape index (κ2) is 9.35. The maximum atomic E-state index is 5.56. The third kappa shape index (κ3) is 6.37. The molecular formula is C12H23N3O2S. The minimum atomic E-state index is 0.677. The third-order valence-electron chi connectivity index (χ3n) is 2.41. The Bertz CT molecular complexity index is 318. The zero-order chi connectivity index (χ0) is 13.2. The van der Waals surface area contributed by atoms with Crippen molar-refractivity contribution in [3.63, 3.8) is 0 Å². The summed E-state index contributed by atoms with van der Waals surface area (Å²) in [6, 6.07) is 0. The molecule has 6 heteroatoms. The van der Waals surface area contributed by atoms with Crippen LogP contribution in [0.15, 0.2) is 11.5 Å². The largest absolute Gasteiger partial charge is 0.383 e. The average Bonchev–Trinajstić information content (AvgIpc) is 2.78. The Morgan fingerprint density at radius 3 is 2.89 bits per heavy atom. The van der Waals surface area contributed by atoms with Crippen molar-refractivity contribution in [2.75, 3.05) is 32.7 Å². The van der Waals surface area contributed by atoms with Gasteiger partial charge in [0.15, 0.2) is 5.16 Å². The van der Waals surface area contributed by atoms with Crippen LogP contribution in [0.25, 0.3) is 0 Å². The number of nitrogens with zero attached hydrogens (tertiary/aromatic N) is 3. The molecule has 0 saturated heterocycles. The summed E-state index contributed by atoms with van der Waals surface area (Å²) in [6.45, 7) is 7.48. The van der Waals surface area contributed by atoms with Crippen LogP contribution in [0.3, 0.4) is 0 Å². The second-order valence-corrected chi connectivity index (χ2v) is 5.51.